The van der Waals surface area contributed by atoms with Crippen LogP contribution in [0.15, 0.2) is 34.1 Å². The number of benzene rings is 1. The molecular formula is C13H15BrN2S. The topological polar surface area (TPSA) is 38.9 Å². The molecule has 1 aromatic heterocycles. The van der Waals surface area contributed by atoms with Gasteiger partial charge in [0.1, 0.15) is 0 Å². The SMILES string of the molecule is CC(CN)c1csc(Cc2ccccc2Br)n1. The second-order valence-electron chi connectivity index (χ2n) is 4.07. The van der Waals surface area contributed by atoms with Crippen LogP contribution in [0.25, 0.3) is 0 Å². The smallest absolute Gasteiger partial charge is 0.0972 e. The molecule has 2 aromatic rings. The lowest BCUT2D eigenvalue weighted by atomic mass is 10.1. The molecular weight excluding hydrogens is 296 g/mol. The van der Waals surface area contributed by atoms with E-state index in [1.165, 1.54) is 5.56 Å². The molecule has 0 aliphatic carbocycles. The van der Waals surface area contributed by atoms with E-state index in [0.29, 0.717) is 12.5 Å². The van der Waals surface area contributed by atoms with Crippen molar-refractivity contribution >= 4 is 27.3 Å². The lowest BCUT2D eigenvalue weighted by molar-refractivity contribution is 0.748. The van der Waals surface area contributed by atoms with E-state index in [4.69, 9.17) is 5.73 Å². The summed E-state index contributed by atoms with van der Waals surface area (Å²) in [5, 5.41) is 3.26. The van der Waals surface area contributed by atoms with Crippen LogP contribution < -0.4 is 5.73 Å². The highest BCUT2D eigenvalue weighted by Crippen LogP contribution is 2.23. The lowest BCUT2D eigenvalue weighted by Crippen LogP contribution is -2.09. The summed E-state index contributed by atoms with van der Waals surface area (Å²) in [6, 6.07) is 8.26. The van der Waals surface area contributed by atoms with Crippen molar-refractivity contribution in [2.75, 3.05) is 6.54 Å². The molecule has 1 aromatic carbocycles. The second-order valence-corrected chi connectivity index (χ2v) is 5.87. The van der Waals surface area contributed by atoms with Gasteiger partial charge in [0.05, 0.1) is 10.7 Å². The van der Waals surface area contributed by atoms with Gasteiger partial charge in [0.25, 0.3) is 0 Å². The van der Waals surface area contributed by atoms with Gasteiger partial charge in [0.2, 0.25) is 0 Å². The standard InChI is InChI=1S/C13H15BrN2S/c1-9(7-15)12-8-17-13(16-12)6-10-4-2-3-5-11(10)14/h2-5,8-9H,6-7,15H2,1H3. The molecule has 0 amide bonds. The van der Waals surface area contributed by atoms with E-state index >= 15 is 0 Å². The molecule has 2 nitrogen and oxygen atoms in total. The average molecular weight is 311 g/mol. The molecule has 90 valence electrons. The Labute approximate surface area is 114 Å². The normalized spacial score (nSPS) is 12.6. The number of hydrogen-bond donors (Lipinski definition) is 1. The summed E-state index contributed by atoms with van der Waals surface area (Å²) in [6.07, 6.45) is 0.878. The highest BCUT2D eigenvalue weighted by Gasteiger charge is 2.09. The number of thiazole rings is 1. The van der Waals surface area contributed by atoms with Crippen LogP contribution in [0.4, 0.5) is 0 Å². The van der Waals surface area contributed by atoms with E-state index in [2.05, 4.69) is 51.4 Å². The highest BCUT2D eigenvalue weighted by molar-refractivity contribution is 9.10. The van der Waals surface area contributed by atoms with Gasteiger partial charge < -0.3 is 5.73 Å². The fourth-order valence-electron chi connectivity index (χ4n) is 1.56. The predicted molar refractivity (Wildman–Crippen MR) is 76.5 cm³/mol. The summed E-state index contributed by atoms with van der Waals surface area (Å²) in [4.78, 5) is 4.64. The molecule has 0 radical (unpaired) electrons. The minimum absolute atomic E-state index is 0.346. The van der Waals surface area contributed by atoms with Crippen molar-refractivity contribution in [3.8, 4) is 0 Å². The van der Waals surface area contributed by atoms with E-state index in [9.17, 15) is 0 Å². The maximum atomic E-state index is 5.65. The average Bonchev–Trinajstić information content (AvgIpc) is 2.80. The third-order valence-electron chi connectivity index (χ3n) is 2.73. The monoisotopic (exact) mass is 310 g/mol. The van der Waals surface area contributed by atoms with Crippen LogP contribution in [0, 0.1) is 0 Å². The van der Waals surface area contributed by atoms with E-state index in [-0.39, 0.29) is 0 Å². The number of nitrogens with zero attached hydrogens (tertiary/aromatic N) is 1. The molecule has 0 aliphatic rings. The first-order valence-corrected chi connectivity index (χ1v) is 7.25. The van der Waals surface area contributed by atoms with Crippen LogP contribution in [0.2, 0.25) is 0 Å². The largest absolute Gasteiger partial charge is 0.330 e. The molecule has 1 atom stereocenters. The third kappa shape index (κ3) is 3.15. The zero-order chi connectivity index (χ0) is 12.3. The van der Waals surface area contributed by atoms with Crippen LogP contribution in [0.3, 0.4) is 0 Å². The Balaban J connectivity index is 2.14. The first-order chi connectivity index (χ1) is 8.20. The number of hydrogen-bond acceptors (Lipinski definition) is 3. The van der Waals surface area contributed by atoms with Crippen LogP contribution in [-0.2, 0) is 6.42 Å². The van der Waals surface area contributed by atoms with Gasteiger partial charge in [-0.15, -0.1) is 11.3 Å². The Morgan fingerprint density at radius 1 is 1.41 bits per heavy atom. The quantitative estimate of drug-likeness (QED) is 0.937. The van der Waals surface area contributed by atoms with E-state index in [0.717, 1.165) is 21.6 Å². The zero-order valence-electron chi connectivity index (χ0n) is 9.69. The maximum absolute atomic E-state index is 5.65. The summed E-state index contributed by atoms with van der Waals surface area (Å²) in [7, 11) is 0. The van der Waals surface area contributed by atoms with Gasteiger partial charge in [0, 0.05) is 28.7 Å². The first kappa shape index (κ1) is 12.7. The molecule has 0 saturated carbocycles. The summed E-state index contributed by atoms with van der Waals surface area (Å²) >= 11 is 5.27. The predicted octanol–water partition coefficient (Wildman–Crippen LogP) is 3.56. The van der Waals surface area contributed by atoms with Crippen molar-refractivity contribution in [2.24, 2.45) is 5.73 Å². The van der Waals surface area contributed by atoms with Crippen LogP contribution >= 0.6 is 27.3 Å². The molecule has 0 bridgehead atoms. The van der Waals surface area contributed by atoms with Crippen molar-refractivity contribution in [1.29, 1.82) is 0 Å². The van der Waals surface area contributed by atoms with Gasteiger partial charge >= 0.3 is 0 Å². The van der Waals surface area contributed by atoms with Crippen LogP contribution in [0.5, 0.6) is 0 Å². The second kappa shape index (κ2) is 5.76. The van der Waals surface area contributed by atoms with Crippen LogP contribution in [0.1, 0.15) is 29.1 Å². The Hall–Kier alpha value is -0.710. The van der Waals surface area contributed by atoms with Crippen molar-refractivity contribution < 1.29 is 0 Å². The van der Waals surface area contributed by atoms with Gasteiger partial charge in [-0.25, -0.2) is 4.98 Å². The summed E-state index contributed by atoms with van der Waals surface area (Å²) in [6.45, 7) is 2.76. The van der Waals surface area contributed by atoms with Crippen molar-refractivity contribution in [3.63, 3.8) is 0 Å². The van der Waals surface area contributed by atoms with Crippen LogP contribution in [-0.4, -0.2) is 11.5 Å². The van der Waals surface area contributed by atoms with Gasteiger partial charge in [-0.2, -0.15) is 0 Å². The Morgan fingerprint density at radius 3 is 2.88 bits per heavy atom. The minimum atomic E-state index is 0.346. The van der Waals surface area contributed by atoms with E-state index < -0.39 is 0 Å². The summed E-state index contributed by atoms with van der Waals surface area (Å²) < 4.78 is 1.14. The Bertz CT molecular complexity index is 496. The molecule has 2 N–H and O–H groups in total. The molecule has 17 heavy (non-hydrogen) atoms. The lowest BCUT2D eigenvalue weighted by Gasteiger charge is -2.03. The Kier molecular flexibility index (Phi) is 4.31. The highest BCUT2D eigenvalue weighted by atomic mass is 79.9. The number of aromatic nitrogens is 1. The van der Waals surface area contributed by atoms with Gasteiger partial charge in [-0.05, 0) is 11.6 Å². The minimum Gasteiger partial charge on any atom is -0.330 e. The van der Waals surface area contributed by atoms with Crippen molar-refractivity contribution in [2.45, 2.75) is 19.3 Å². The number of halogens is 1. The van der Waals surface area contributed by atoms with Gasteiger partial charge in [0.15, 0.2) is 0 Å². The maximum Gasteiger partial charge on any atom is 0.0972 e. The van der Waals surface area contributed by atoms with E-state index in [1.54, 1.807) is 11.3 Å². The molecule has 4 heteroatoms. The van der Waals surface area contributed by atoms with Crippen molar-refractivity contribution in [1.82, 2.24) is 4.98 Å². The summed E-state index contributed by atoms with van der Waals surface area (Å²) in [5.41, 5.74) is 8.03. The molecule has 1 unspecified atom stereocenters. The third-order valence-corrected chi connectivity index (χ3v) is 4.37. The molecule has 0 aliphatic heterocycles. The molecule has 1 heterocycles. The van der Waals surface area contributed by atoms with Gasteiger partial charge in [-0.3, -0.25) is 0 Å². The van der Waals surface area contributed by atoms with E-state index in [1.807, 2.05) is 6.07 Å². The summed E-state index contributed by atoms with van der Waals surface area (Å²) in [5.74, 6) is 0.346. The number of nitrogens with two attached hydrogens (primary N) is 1. The molecule has 0 saturated heterocycles. The molecule has 0 fully saturated rings. The fourth-order valence-corrected chi connectivity index (χ4v) is 2.92. The van der Waals surface area contributed by atoms with Crippen molar-refractivity contribution in [3.05, 3.63) is 50.4 Å². The fraction of sp³-hybridized carbons (Fsp3) is 0.308. The molecule has 2 rings (SSSR count). The number of rotatable bonds is 4. The first-order valence-electron chi connectivity index (χ1n) is 5.58. The Morgan fingerprint density at radius 2 is 2.18 bits per heavy atom. The zero-order valence-corrected chi connectivity index (χ0v) is 12.1. The molecule has 0 spiro atoms. The van der Waals surface area contributed by atoms with Gasteiger partial charge in [-0.1, -0.05) is 41.1 Å².